The van der Waals surface area contributed by atoms with Crippen LogP contribution < -0.4 is 5.73 Å². The van der Waals surface area contributed by atoms with E-state index in [-0.39, 0.29) is 17.3 Å². The first-order valence-corrected chi connectivity index (χ1v) is 6.38. The Hall–Kier alpha value is -1.15. The molecule has 1 aromatic rings. The Bertz CT molecular complexity index is 390. The van der Waals surface area contributed by atoms with Crippen molar-refractivity contribution in [2.45, 2.75) is 42.8 Å². The number of rotatable bonds is 5. The maximum Gasteiger partial charge on any atom is 0.230 e. The van der Waals surface area contributed by atoms with Crippen LogP contribution in [0.5, 0.6) is 0 Å². The van der Waals surface area contributed by atoms with Crippen LogP contribution in [0.15, 0.2) is 5.16 Å². The minimum absolute atomic E-state index is 0.168. The summed E-state index contributed by atoms with van der Waals surface area (Å²) >= 11 is 1.27. The zero-order chi connectivity index (χ0) is 12.3. The molecule has 1 saturated heterocycles. The molecule has 2 rings (SSSR count). The van der Waals surface area contributed by atoms with Crippen molar-refractivity contribution in [2.75, 3.05) is 6.61 Å². The summed E-state index contributed by atoms with van der Waals surface area (Å²) in [6.45, 7) is 3.16. The van der Waals surface area contributed by atoms with Crippen molar-refractivity contribution in [1.29, 1.82) is 0 Å². The zero-order valence-electron chi connectivity index (χ0n) is 9.57. The third-order valence-corrected chi connectivity index (χ3v) is 3.67. The zero-order valence-corrected chi connectivity index (χ0v) is 10.4. The molecule has 17 heavy (non-hydrogen) atoms. The van der Waals surface area contributed by atoms with E-state index in [4.69, 9.17) is 10.5 Å². The number of nitrogens with zero attached hydrogens (tertiary/aromatic N) is 4. The molecule has 0 aromatic carbocycles. The van der Waals surface area contributed by atoms with Crippen LogP contribution in [-0.4, -0.2) is 44.1 Å². The first kappa shape index (κ1) is 12.3. The van der Waals surface area contributed by atoms with E-state index in [1.54, 1.807) is 11.6 Å². The molecular weight excluding hydrogens is 242 g/mol. The lowest BCUT2D eigenvalue weighted by molar-refractivity contribution is -0.117. The number of thioether (sulfide) groups is 1. The number of tetrazole rings is 1. The van der Waals surface area contributed by atoms with Gasteiger partial charge in [0, 0.05) is 6.61 Å². The fourth-order valence-electron chi connectivity index (χ4n) is 1.59. The second kappa shape index (κ2) is 5.46. The Morgan fingerprint density at radius 3 is 3.24 bits per heavy atom. The molecular formula is C9H15N5O2S. The molecule has 2 N–H and O–H groups in total. The van der Waals surface area contributed by atoms with E-state index >= 15 is 0 Å². The molecule has 1 aliphatic rings. The fourth-order valence-corrected chi connectivity index (χ4v) is 2.34. The molecule has 1 aliphatic heterocycles. The van der Waals surface area contributed by atoms with Crippen molar-refractivity contribution in [3.05, 3.63) is 0 Å². The number of nitrogens with two attached hydrogens (primary N) is 1. The Labute approximate surface area is 103 Å². The molecule has 94 valence electrons. The summed E-state index contributed by atoms with van der Waals surface area (Å²) in [4.78, 5) is 11.0. The summed E-state index contributed by atoms with van der Waals surface area (Å²) in [6.07, 6.45) is 2.27. The molecule has 7 nitrogen and oxygen atoms in total. The lowest BCUT2D eigenvalue weighted by atomic mass is 10.2. The maximum atomic E-state index is 11.0. The number of aromatic nitrogens is 4. The number of carbonyl (C=O) groups is 1. The predicted octanol–water partition coefficient (Wildman–Crippen LogP) is -0.182. The van der Waals surface area contributed by atoms with Crippen molar-refractivity contribution in [3.63, 3.8) is 0 Å². The maximum absolute atomic E-state index is 11.0. The number of ether oxygens (including phenoxy) is 1. The summed E-state index contributed by atoms with van der Waals surface area (Å²) in [5.41, 5.74) is 5.20. The highest BCUT2D eigenvalue weighted by Crippen LogP contribution is 2.21. The number of hydrogen-bond acceptors (Lipinski definition) is 6. The van der Waals surface area contributed by atoms with E-state index in [0.717, 1.165) is 19.4 Å². The lowest BCUT2D eigenvalue weighted by Crippen LogP contribution is -2.24. The van der Waals surface area contributed by atoms with Crippen LogP contribution in [-0.2, 0) is 16.1 Å². The van der Waals surface area contributed by atoms with Crippen LogP contribution >= 0.6 is 11.8 Å². The molecule has 2 atom stereocenters. The van der Waals surface area contributed by atoms with E-state index in [1.807, 2.05) is 0 Å². The number of carbonyl (C=O) groups excluding carboxylic acids is 1. The van der Waals surface area contributed by atoms with Crippen molar-refractivity contribution in [2.24, 2.45) is 5.73 Å². The predicted molar refractivity (Wildman–Crippen MR) is 61.3 cm³/mol. The van der Waals surface area contributed by atoms with Gasteiger partial charge < -0.3 is 10.5 Å². The van der Waals surface area contributed by atoms with Gasteiger partial charge in [0.25, 0.3) is 0 Å². The fraction of sp³-hybridized carbons (Fsp3) is 0.778. The van der Waals surface area contributed by atoms with E-state index in [0.29, 0.717) is 11.7 Å². The van der Waals surface area contributed by atoms with Crippen molar-refractivity contribution >= 4 is 17.7 Å². The van der Waals surface area contributed by atoms with E-state index in [2.05, 4.69) is 15.5 Å². The van der Waals surface area contributed by atoms with Gasteiger partial charge in [-0.3, -0.25) is 4.79 Å². The van der Waals surface area contributed by atoms with Gasteiger partial charge >= 0.3 is 0 Å². The van der Waals surface area contributed by atoms with Crippen molar-refractivity contribution < 1.29 is 9.53 Å². The van der Waals surface area contributed by atoms with E-state index in [1.165, 1.54) is 11.8 Å². The summed E-state index contributed by atoms with van der Waals surface area (Å²) in [5, 5.41) is 11.6. The molecule has 0 saturated carbocycles. The van der Waals surface area contributed by atoms with Crippen LogP contribution in [0.3, 0.4) is 0 Å². The molecule has 0 aliphatic carbocycles. The van der Waals surface area contributed by atoms with Crippen molar-refractivity contribution in [3.8, 4) is 0 Å². The average molecular weight is 257 g/mol. The van der Waals surface area contributed by atoms with Crippen LogP contribution in [0.4, 0.5) is 0 Å². The van der Waals surface area contributed by atoms with Gasteiger partial charge in [-0.05, 0) is 30.2 Å². The minimum Gasteiger partial charge on any atom is -0.376 e. The van der Waals surface area contributed by atoms with Gasteiger partial charge in [-0.1, -0.05) is 11.8 Å². The van der Waals surface area contributed by atoms with Crippen molar-refractivity contribution in [1.82, 2.24) is 20.2 Å². The van der Waals surface area contributed by atoms with Crippen LogP contribution in [0, 0.1) is 0 Å². The normalized spacial score (nSPS) is 21.6. The molecule has 0 bridgehead atoms. The molecule has 2 unspecified atom stereocenters. The molecule has 0 radical (unpaired) electrons. The smallest absolute Gasteiger partial charge is 0.230 e. The highest BCUT2D eigenvalue weighted by molar-refractivity contribution is 8.00. The van der Waals surface area contributed by atoms with Gasteiger partial charge in [0.05, 0.1) is 17.9 Å². The SMILES string of the molecule is CC(Sc1nnnn1CC1CCCO1)C(N)=O. The van der Waals surface area contributed by atoms with Gasteiger partial charge in [0.1, 0.15) is 0 Å². The largest absolute Gasteiger partial charge is 0.376 e. The average Bonchev–Trinajstić information content (AvgIpc) is 2.91. The minimum atomic E-state index is -0.373. The molecule has 1 fully saturated rings. The van der Waals surface area contributed by atoms with Gasteiger partial charge in [-0.25, -0.2) is 4.68 Å². The summed E-state index contributed by atoms with van der Waals surface area (Å²) < 4.78 is 7.18. The lowest BCUT2D eigenvalue weighted by Gasteiger charge is -2.11. The third-order valence-electron chi connectivity index (χ3n) is 2.58. The van der Waals surface area contributed by atoms with Crippen LogP contribution in [0.2, 0.25) is 0 Å². The number of amides is 1. The standard InChI is InChI=1S/C9H15N5O2S/c1-6(8(10)15)17-9-11-12-13-14(9)5-7-3-2-4-16-7/h6-7H,2-5H2,1H3,(H2,10,15). The summed E-state index contributed by atoms with van der Waals surface area (Å²) in [5.74, 6) is -0.373. The van der Waals surface area contributed by atoms with E-state index < -0.39 is 0 Å². The molecule has 8 heteroatoms. The van der Waals surface area contributed by atoms with Gasteiger partial charge in [0.2, 0.25) is 11.1 Å². The Morgan fingerprint density at radius 1 is 1.76 bits per heavy atom. The highest BCUT2D eigenvalue weighted by atomic mass is 32.2. The van der Waals surface area contributed by atoms with Crippen LogP contribution in [0.25, 0.3) is 0 Å². The first-order chi connectivity index (χ1) is 8.16. The molecule has 1 amide bonds. The van der Waals surface area contributed by atoms with Crippen LogP contribution in [0.1, 0.15) is 19.8 Å². The summed E-state index contributed by atoms with van der Waals surface area (Å²) in [6, 6.07) is 0. The highest BCUT2D eigenvalue weighted by Gasteiger charge is 2.21. The number of hydrogen-bond donors (Lipinski definition) is 1. The quantitative estimate of drug-likeness (QED) is 0.735. The topological polar surface area (TPSA) is 95.9 Å². The Kier molecular flexibility index (Phi) is 3.95. The Balaban J connectivity index is 1.98. The van der Waals surface area contributed by atoms with Gasteiger partial charge in [-0.15, -0.1) is 5.10 Å². The monoisotopic (exact) mass is 257 g/mol. The van der Waals surface area contributed by atoms with Gasteiger partial charge in [0.15, 0.2) is 0 Å². The number of primary amides is 1. The first-order valence-electron chi connectivity index (χ1n) is 5.50. The second-order valence-electron chi connectivity index (χ2n) is 3.94. The molecule has 0 spiro atoms. The molecule has 1 aromatic heterocycles. The molecule has 2 heterocycles. The van der Waals surface area contributed by atoms with Gasteiger partial charge in [-0.2, -0.15) is 0 Å². The Morgan fingerprint density at radius 2 is 2.59 bits per heavy atom. The van der Waals surface area contributed by atoms with E-state index in [9.17, 15) is 4.79 Å². The third kappa shape index (κ3) is 3.16. The summed E-state index contributed by atoms with van der Waals surface area (Å²) in [7, 11) is 0. The second-order valence-corrected chi connectivity index (χ2v) is 5.25.